The van der Waals surface area contributed by atoms with Gasteiger partial charge in [-0.3, -0.25) is 0 Å². The lowest BCUT2D eigenvalue weighted by molar-refractivity contribution is 0.438. The lowest BCUT2D eigenvalue weighted by Gasteiger charge is -2.09. The second kappa shape index (κ2) is 5.82. The molecule has 1 N–H and O–H groups in total. The zero-order chi connectivity index (χ0) is 14.8. The Hall–Kier alpha value is -1.94. The van der Waals surface area contributed by atoms with Gasteiger partial charge in [0.2, 0.25) is 0 Å². The highest BCUT2D eigenvalue weighted by molar-refractivity contribution is 5.34. The van der Waals surface area contributed by atoms with Gasteiger partial charge in [-0.1, -0.05) is 6.07 Å². The second-order valence-corrected chi connectivity index (χ2v) is 5.84. The van der Waals surface area contributed by atoms with E-state index in [2.05, 4.69) is 35.2 Å². The maximum atomic E-state index is 5.77. The fraction of sp³-hybridized carbons (Fsp3) is 0.412. The summed E-state index contributed by atoms with van der Waals surface area (Å²) in [6, 6.07) is 7.21. The van der Waals surface area contributed by atoms with E-state index in [-0.39, 0.29) is 0 Å². The molecule has 1 aromatic heterocycles. The maximum Gasteiger partial charge on any atom is 0.322 e. The molecule has 0 radical (unpaired) electrons. The van der Waals surface area contributed by atoms with Crippen molar-refractivity contribution in [3.8, 4) is 11.8 Å². The van der Waals surface area contributed by atoms with Crippen LogP contribution < -0.4 is 10.1 Å². The summed E-state index contributed by atoms with van der Waals surface area (Å²) in [5.41, 5.74) is 4.45. The summed E-state index contributed by atoms with van der Waals surface area (Å²) in [4.78, 5) is 8.77. The Morgan fingerprint density at radius 2 is 1.86 bits per heavy atom. The molecule has 1 fully saturated rings. The first kappa shape index (κ1) is 14.0. The standard InChI is InChI=1S/C17H21N3O/c1-11-6-12(2)8-16(7-11)21-17-19-10-14(13(3)20-17)9-18-15-4-5-15/h6-8,10,15,18H,4-5,9H2,1-3H3. The molecular formula is C17H21N3O. The topological polar surface area (TPSA) is 47.0 Å². The van der Waals surface area contributed by atoms with Crippen molar-refractivity contribution in [1.82, 2.24) is 15.3 Å². The van der Waals surface area contributed by atoms with E-state index in [1.165, 1.54) is 24.0 Å². The number of nitrogens with zero attached hydrogens (tertiary/aromatic N) is 2. The van der Waals surface area contributed by atoms with Crippen molar-refractivity contribution in [3.63, 3.8) is 0 Å². The van der Waals surface area contributed by atoms with Gasteiger partial charge in [-0.05, 0) is 56.9 Å². The molecule has 110 valence electrons. The van der Waals surface area contributed by atoms with Crippen LogP contribution in [-0.2, 0) is 6.54 Å². The number of rotatable bonds is 5. The molecule has 0 spiro atoms. The van der Waals surface area contributed by atoms with Crippen LogP contribution in [0.3, 0.4) is 0 Å². The molecule has 1 aliphatic carbocycles. The third kappa shape index (κ3) is 3.79. The minimum atomic E-state index is 0.410. The van der Waals surface area contributed by atoms with Crippen LogP contribution in [0.2, 0.25) is 0 Å². The van der Waals surface area contributed by atoms with Gasteiger partial charge < -0.3 is 10.1 Å². The lowest BCUT2D eigenvalue weighted by Crippen LogP contribution is -2.16. The van der Waals surface area contributed by atoms with Crippen LogP contribution >= 0.6 is 0 Å². The Bertz CT molecular complexity index is 630. The van der Waals surface area contributed by atoms with E-state index in [0.717, 1.165) is 23.6 Å². The average Bonchev–Trinajstić information content (AvgIpc) is 3.20. The van der Waals surface area contributed by atoms with Crippen LogP contribution in [0, 0.1) is 20.8 Å². The molecule has 0 amide bonds. The third-order valence-electron chi connectivity index (χ3n) is 3.62. The van der Waals surface area contributed by atoms with E-state index >= 15 is 0 Å². The summed E-state index contributed by atoms with van der Waals surface area (Å²) in [6.45, 7) is 6.94. The van der Waals surface area contributed by atoms with E-state index in [9.17, 15) is 0 Å². The van der Waals surface area contributed by atoms with Crippen molar-refractivity contribution in [3.05, 3.63) is 46.8 Å². The smallest absolute Gasteiger partial charge is 0.322 e. The zero-order valence-corrected chi connectivity index (χ0v) is 12.8. The molecule has 4 nitrogen and oxygen atoms in total. The van der Waals surface area contributed by atoms with Crippen LogP contribution in [0.15, 0.2) is 24.4 Å². The molecule has 0 bridgehead atoms. The first-order chi connectivity index (χ1) is 10.1. The van der Waals surface area contributed by atoms with Crippen molar-refractivity contribution in [1.29, 1.82) is 0 Å². The number of benzene rings is 1. The van der Waals surface area contributed by atoms with Gasteiger partial charge in [0.25, 0.3) is 0 Å². The molecule has 3 rings (SSSR count). The van der Waals surface area contributed by atoms with Crippen molar-refractivity contribution >= 4 is 0 Å². The molecule has 1 aliphatic rings. The Kier molecular flexibility index (Phi) is 3.88. The highest BCUT2D eigenvalue weighted by Crippen LogP contribution is 2.22. The van der Waals surface area contributed by atoms with Crippen molar-refractivity contribution in [2.24, 2.45) is 0 Å². The Balaban J connectivity index is 1.71. The fourth-order valence-corrected chi connectivity index (χ4v) is 2.33. The predicted molar refractivity (Wildman–Crippen MR) is 82.6 cm³/mol. The number of aromatic nitrogens is 2. The number of aryl methyl sites for hydroxylation is 3. The summed E-state index contributed by atoms with van der Waals surface area (Å²) in [6.07, 6.45) is 4.43. The minimum absolute atomic E-state index is 0.410. The first-order valence-corrected chi connectivity index (χ1v) is 7.42. The van der Waals surface area contributed by atoms with Crippen LogP contribution in [0.1, 0.15) is 35.2 Å². The maximum absolute atomic E-state index is 5.77. The third-order valence-corrected chi connectivity index (χ3v) is 3.62. The van der Waals surface area contributed by atoms with Crippen LogP contribution in [0.25, 0.3) is 0 Å². The molecule has 0 atom stereocenters. The van der Waals surface area contributed by atoms with Crippen molar-refractivity contribution in [2.75, 3.05) is 0 Å². The van der Waals surface area contributed by atoms with Gasteiger partial charge >= 0.3 is 6.01 Å². The van der Waals surface area contributed by atoms with E-state index in [1.807, 2.05) is 25.3 Å². The molecule has 21 heavy (non-hydrogen) atoms. The minimum Gasteiger partial charge on any atom is -0.424 e. The monoisotopic (exact) mass is 283 g/mol. The van der Waals surface area contributed by atoms with E-state index < -0.39 is 0 Å². The number of nitrogens with one attached hydrogen (secondary N) is 1. The van der Waals surface area contributed by atoms with Gasteiger partial charge in [-0.2, -0.15) is 4.98 Å². The zero-order valence-electron chi connectivity index (χ0n) is 12.8. The van der Waals surface area contributed by atoms with Gasteiger partial charge in [0, 0.05) is 30.0 Å². The van der Waals surface area contributed by atoms with E-state index in [4.69, 9.17) is 4.74 Å². The fourth-order valence-electron chi connectivity index (χ4n) is 2.33. The molecular weight excluding hydrogens is 262 g/mol. The van der Waals surface area contributed by atoms with Crippen molar-refractivity contribution < 1.29 is 4.74 Å². The summed E-state index contributed by atoms with van der Waals surface area (Å²) < 4.78 is 5.77. The van der Waals surface area contributed by atoms with Crippen molar-refractivity contribution in [2.45, 2.75) is 46.2 Å². The SMILES string of the molecule is Cc1cc(C)cc(Oc2ncc(CNC3CC3)c(C)n2)c1. The molecule has 4 heteroatoms. The predicted octanol–water partition coefficient (Wildman–Crippen LogP) is 3.45. The van der Waals surface area contributed by atoms with Crippen LogP contribution in [0.5, 0.6) is 11.8 Å². The highest BCUT2D eigenvalue weighted by atomic mass is 16.5. The summed E-state index contributed by atoms with van der Waals surface area (Å²) in [7, 11) is 0. The number of hydrogen-bond acceptors (Lipinski definition) is 4. The first-order valence-electron chi connectivity index (χ1n) is 7.42. The van der Waals surface area contributed by atoms with Crippen LogP contribution in [-0.4, -0.2) is 16.0 Å². The van der Waals surface area contributed by atoms with Gasteiger partial charge in [-0.25, -0.2) is 4.98 Å². The average molecular weight is 283 g/mol. The van der Waals surface area contributed by atoms with E-state index in [0.29, 0.717) is 12.1 Å². The normalized spacial score (nSPS) is 14.2. The molecule has 0 unspecified atom stereocenters. The van der Waals surface area contributed by atoms with Gasteiger partial charge in [0.1, 0.15) is 5.75 Å². The molecule has 1 saturated carbocycles. The largest absolute Gasteiger partial charge is 0.424 e. The van der Waals surface area contributed by atoms with Gasteiger partial charge in [0.05, 0.1) is 0 Å². The Morgan fingerprint density at radius 3 is 2.48 bits per heavy atom. The molecule has 1 heterocycles. The molecule has 0 saturated heterocycles. The quantitative estimate of drug-likeness (QED) is 0.913. The number of hydrogen-bond donors (Lipinski definition) is 1. The molecule has 1 aromatic carbocycles. The molecule has 2 aromatic rings. The lowest BCUT2D eigenvalue weighted by atomic mass is 10.1. The molecule has 0 aliphatic heterocycles. The Morgan fingerprint density at radius 1 is 1.14 bits per heavy atom. The highest BCUT2D eigenvalue weighted by Gasteiger charge is 2.20. The van der Waals surface area contributed by atoms with E-state index in [1.54, 1.807) is 0 Å². The summed E-state index contributed by atoms with van der Waals surface area (Å²) >= 11 is 0. The Labute approximate surface area is 125 Å². The summed E-state index contributed by atoms with van der Waals surface area (Å²) in [5, 5.41) is 3.48. The summed E-state index contributed by atoms with van der Waals surface area (Å²) in [5.74, 6) is 0.788. The van der Waals surface area contributed by atoms with Gasteiger partial charge in [0.15, 0.2) is 0 Å². The van der Waals surface area contributed by atoms with Crippen LogP contribution in [0.4, 0.5) is 0 Å². The van der Waals surface area contributed by atoms with Gasteiger partial charge in [-0.15, -0.1) is 0 Å². The second-order valence-electron chi connectivity index (χ2n) is 5.84. The number of ether oxygens (including phenoxy) is 1.